The van der Waals surface area contributed by atoms with Crippen molar-refractivity contribution < 1.29 is 0 Å². The maximum atomic E-state index is 4.55. The Bertz CT molecular complexity index is 997. The molecule has 130 valence electrons. The third kappa shape index (κ3) is 2.79. The van der Waals surface area contributed by atoms with E-state index in [4.69, 9.17) is 0 Å². The SMILES string of the molecule is CCC(c1ccncc1)N(C)c1ncnc2c1cnn2-c1ccccc1. The maximum Gasteiger partial charge on any atom is 0.168 e. The molecule has 1 atom stereocenters. The quantitative estimate of drug-likeness (QED) is 0.551. The van der Waals surface area contributed by atoms with Crippen LogP contribution >= 0.6 is 0 Å². The van der Waals surface area contributed by atoms with Crippen LogP contribution in [0.2, 0.25) is 0 Å². The smallest absolute Gasteiger partial charge is 0.168 e. The Morgan fingerprint density at radius 3 is 2.54 bits per heavy atom. The first-order valence-corrected chi connectivity index (χ1v) is 8.66. The first-order chi connectivity index (χ1) is 12.8. The van der Waals surface area contributed by atoms with Crippen LogP contribution < -0.4 is 4.90 Å². The molecule has 6 nitrogen and oxygen atoms in total. The number of anilines is 1. The third-order valence-electron chi connectivity index (χ3n) is 4.62. The number of hydrogen-bond donors (Lipinski definition) is 0. The Hall–Kier alpha value is -3.28. The molecule has 1 unspecified atom stereocenters. The zero-order valence-electron chi connectivity index (χ0n) is 14.8. The van der Waals surface area contributed by atoms with Gasteiger partial charge in [0.2, 0.25) is 0 Å². The molecule has 26 heavy (non-hydrogen) atoms. The fourth-order valence-electron chi connectivity index (χ4n) is 3.34. The van der Waals surface area contributed by atoms with E-state index in [1.54, 1.807) is 6.33 Å². The lowest BCUT2D eigenvalue weighted by molar-refractivity contribution is 0.642. The average Bonchev–Trinajstić information content (AvgIpc) is 3.14. The summed E-state index contributed by atoms with van der Waals surface area (Å²) >= 11 is 0. The molecule has 0 saturated heterocycles. The maximum absolute atomic E-state index is 4.55. The van der Waals surface area contributed by atoms with Crippen molar-refractivity contribution in [3.05, 3.63) is 72.9 Å². The van der Waals surface area contributed by atoms with Crippen molar-refractivity contribution in [2.24, 2.45) is 0 Å². The second kappa shape index (κ2) is 6.92. The van der Waals surface area contributed by atoms with Gasteiger partial charge in [0.05, 0.1) is 23.3 Å². The van der Waals surface area contributed by atoms with E-state index in [2.05, 4.69) is 51.1 Å². The van der Waals surface area contributed by atoms with Gasteiger partial charge in [0.15, 0.2) is 5.65 Å². The molecule has 3 aromatic heterocycles. The summed E-state index contributed by atoms with van der Waals surface area (Å²) in [6.07, 6.45) is 8.06. The van der Waals surface area contributed by atoms with Crippen LogP contribution in [0.1, 0.15) is 24.9 Å². The average molecular weight is 344 g/mol. The Kier molecular flexibility index (Phi) is 4.31. The molecule has 4 rings (SSSR count). The first kappa shape index (κ1) is 16.2. The lowest BCUT2D eigenvalue weighted by Gasteiger charge is -2.28. The number of aromatic nitrogens is 5. The molecule has 0 fully saturated rings. The fraction of sp³-hybridized carbons (Fsp3) is 0.200. The molecule has 6 heteroatoms. The second-order valence-corrected chi connectivity index (χ2v) is 6.14. The molecular formula is C20H20N6. The number of para-hydroxylation sites is 1. The lowest BCUT2D eigenvalue weighted by atomic mass is 10.0. The second-order valence-electron chi connectivity index (χ2n) is 6.14. The van der Waals surface area contributed by atoms with Gasteiger partial charge in [-0.15, -0.1) is 0 Å². The molecule has 0 N–H and O–H groups in total. The zero-order chi connectivity index (χ0) is 17.9. The summed E-state index contributed by atoms with van der Waals surface area (Å²) in [5.74, 6) is 0.876. The highest BCUT2D eigenvalue weighted by atomic mass is 15.3. The summed E-state index contributed by atoms with van der Waals surface area (Å²) in [5, 5.41) is 5.48. The summed E-state index contributed by atoms with van der Waals surface area (Å²) in [5.41, 5.74) is 3.00. The molecule has 0 amide bonds. The third-order valence-corrected chi connectivity index (χ3v) is 4.62. The van der Waals surface area contributed by atoms with Crippen molar-refractivity contribution in [3.63, 3.8) is 0 Å². The predicted molar refractivity (Wildman–Crippen MR) is 102 cm³/mol. The number of fused-ring (bicyclic) bond motifs is 1. The molecule has 0 aliphatic heterocycles. The van der Waals surface area contributed by atoms with Crippen LogP contribution in [0, 0.1) is 0 Å². The van der Waals surface area contributed by atoms with Gasteiger partial charge in [-0.3, -0.25) is 4.98 Å². The standard InChI is InChI=1S/C20H20N6/c1-3-18(15-9-11-21-12-10-15)25(2)19-17-13-24-26(20(17)23-14-22-19)16-7-5-4-6-8-16/h4-14,18H,3H2,1-2H3. The van der Waals surface area contributed by atoms with Gasteiger partial charge in [0.25, 0.3) is 0 Å². The molecule has 3 heterocycles. The predicted octanol–water partition coefficient (Wildman–Crippen LogP) is 3.80. The van der Waals surface area contributed by atoms with E-state index in [0.29, 0.717) is 0 Å². The molecule has 0 spiro atoms. The van der Waals surface area contributed by atoms with Crippen molar-refractivity contribution in [1.29, 1.82) is 0 Å². The largest absolute Gasteiger partial charge is 0.352 e. The van der Waals surface area contributed by atoms with Crippen LogP contribution in [0.3, 0.4) is 0 Å². The molecule has 1 aromatic carbocycles. The van der Waals surface area contributed by atoms with E-state index in [1.165, 1.54) is 5.56 Å². The van der Waals surface area contributed by atoms with Gasteiger partial charge in [-0.2, -0.15) is 5.10 Å². The van der Waals surface area contributed by atoms with Gasteiger partial charge < -0.3 is 4.90 Å². The first-order valence-electron chi connectivity index (χ1n) is 8.66. The van der Waals surface area contributed by atoms with E-state index in [-0.39, 0.29) is 6.04 Å². The minimum Gasteiger partial charge on any atom is -0.352 e. The number of rotatable bonds is 5. The zero-order valence-corrected chi connectivity index (χ0v) is 14.8. The minimum atomic E-state index is 0.205. The van der Waals surface area contributed by atoms with Crippen LogP contribution in [0.4, 0.5) is 5.82 Å². The van der Waals surface area contributed by atoms with Crippen LogP contribution in [0.15, 0.2) is 67.4 Å². The van der Waals surface area contributed by atoms with E-state index < -0.39 is 0 Å². The number of benzene rings is 1. The van der Waals surface area contributed by atoms with Gasteiger partial charge in [0, 0.05) is 19.4 Å². The van der Waals surface area contributed by atoms with E-state index in [0.717, 1.165) is 29.0 Å². The van der Waals surface area contributed by atoms with Gasteiger partial charge >= 0.3 is 0 Å². The Balaban J connectivity index is 1.78. The van der Waals surface area contributed by atoms with E-state index in [1.807, 2.05) is 53.6 Å². The van der Waals surface area contributed by atoms with Crippen molar-refractivity contribution in [2.45, 2.75) is 19.4 Å². The molecule has 4 aromatic rings. The fourth-order valence-corrected chi connectivity index (χ4v) is 3.34. The van der Waals surface area contributed by atoms with E-state index >= 15 is 0 Å². The summed E-state index contributed by atoms with van der Waals surface area (Å²) in [6.45, 7) is 2.17. The molecular weight excluding hydrogens is 324 g/mol. The van der Waals surface area contributed by atoms with Crippen molar-refractivity contribution >= 4 is 16.9 Å². The van der Waals surface area contributed by atoms with Crippen LogP contribution in [0.5, 0.6) is 0 Å². The van der Waals surface area contributed by atoms with E-state index in [9.17, 15) is 0 Å². The summed E-state index contributed by atoms with van der Waals surface area (Å²) in [6, 6.07) is 14.3. The number of pyridine rings is 1. The minimum absolute atomic E-state index is 0.205. The highest BCUT2D eigenvalue weighted by molar-refractivity contribution is 5.87. The normalized spacial score (nSPS) is 12.2. The molecule has 0 aliphatic carbocycles. The topological polar surface area (TPSA) is 59.7 Å². The number of nitrogens with zero attached hydrogens (tertiary/aromatic N) is 6. The summed E-state index contributed by atoms with van der Waals surface area (Å²) in [7, 11) is 2.07. The van der Waals surface area contributed by atoms with Crippen molar-refractivity contribution in [3.8, 4) is 5.69 Å². The molecule has 0 bridgehead atoms. The van der Waals surface area contributed by atoms with Crippen LogP contribution in [-0.2, 0) is 0 Å². The highest BCUT2D eigenvalue weighted by Gasteiger charge is 2.20. The molecule has 0 aliphatic rings. The van der Waals surface area contributed by atoms with Crippen molar-refractivity contribution in [2.75, 3.05) is 11.9 Å². The van der Waals surface area contributed by atoms with Crippen LogP contribution in [0.25, 0.3) is 16.7 Å². The Labute approximate surface area is 152 Å². The monoisotopic (exact) mass is 344 g/mol. The van der Waals surface area contributed by atoms with Crippen LogP contribution in [-0.4, -0.2) is 31.8 Å². The molecule has 0 radical (unpaired) electrons. The molecule has 0 saturated carbocycles. The Morgan fingerprint density at radius 2 is 1.81 bits per heavy atom. The summed E-state index contributed by atoms with van der Waals surface area (Å²) in [4.78, 5) is 15.3. The highest BCUT2D eigenvalue weighted by Crippen LogP contribution is 2.31. The Morgan fingerprint density at radius 1 is 1.04 bits per heavy atom. The summed E-state index contributed by atoms with van der Waals surface area (Å²) < 4.78 is 1.85. The van der Waals surface area contributed by atoms with Gasteiger partial charge in [-0.05, 0) is 36.2 Å². The van der Waals surface area contributed by atoms with Gasteiger partial charge in [0.1, 0.15) is 12.1 Å². The number of hydrogen-bond acceptors (Lipinski definition) is 5. The van der Waals surface area contributed by atoms with Crippen molar-refractivity contribution in [1.82, 2.24) is 24.7 Å². The van der Waals surface area contributed by atoms with Gasteiger partial charge in [-0.1, -0.05) is 25.1 Å². The van der Waals surface area contributed by atoms with Gasteiger partial charge in [-0.25, -0.2) is 14.6 Å². The lowest BCUT2D eigenvalue weighted by Crippen LogP contribution is -2.24.